The van der Waals surface area contributed by atoms with Crippen molar-refractivity contribution < 1.29 is 13.9 Å². The molecule has 4 heterocycles. The monoisotopic (exact) mass is 583 g/mol. The number of likely N-dealkylation sites (N-methyl/N-ethyl adjacent to an activating group) is 1. The fraction of sp³-hybridized carbons (Fsp3) is 0.455. The van der Waals surface area contributed by atoms with E-state index >= 15 is 0 Å². The van der Waals surface area contributed by atoms with Crippen LogP contribution in [0.5, 0.6) is 6.01 Å². The Morgan fingerprint density at radius 3 is 2.74 bits per heavy atom. The van der Waals surface area contributed by atoms with E-state index in [4.69, 9.17) is 21.3 Å². The molecule has 2 saturated heterocycles. The maximum absolute atomic E-state index is 14.7. The van der Waals surface area contributed by atoms with Gasteiger partial charge >= 0.3 is 6.01 Å². The number of carbonyl (C=O) groups is 1. The fourth-order valence-corrected chi connectivity index (χ4v) is 6.84. The van der Waals surface area contributed by atoms with Crippen LogP contribution >= 0.6 is 0 Å². The molecule has 0 bridgehead atoms. The molecule has 3 aromatic rings. The van der Waals surface area contributed by atoms with Crippen molar-refractivity contribution in [3.63, 3.8) is 0 Å². The van der Waals surface area contributed by atoms with Crippen LogP contribution in [-0.2, 0) is 17.8 Å². The number of nitrogens with zero attached hydrogens (tertiary/aromatic N) is 7. The van der Waals surface area contributed by atoms with Crippen molar-refractivity contribution in [1.82, 2.24) is 19.8 Å². The standard InChI is InChI=1S/C33H38FN7O2/c1-5-30(42)41-16-15-40(19-25(41)18-35-3)31-27-13-14-39(29-12-8-10-23-9-6-7-11-26(23)29)20-28(27)36-32(37-31)43-21-24-17-33(2,34)22-38(24)4/h5-12,24-25H,1,13-22H2,2,4H3/t24-,25-,33?/m0/s1. The van der Waals surface area contributed by atoms with Crippen LogP contribution in [0.2, 0.25) is 0 Å². The summed E-state index contributed by atoms with van der Waals surface area (Å²) in [5, 5.41) is 2.39. The summed E-state index contributed by atoms with van der Waals surface area (Å²) in [5.74, 6) is 0.640. The van der Waals surface area contributed by atoms with E-state index in [-0.39, 0.29) is 30.5 Å². The number of rotatable bonds is 7. The van der Waals surface area contributed by atoms with Crippen LogP contribution in [0, 0.1) is 6.57 Å². The Bertz CT molecular complexity index is 1570. The highest BCUT2D eigenvalue weighted by molar-refractivity contribution is 5.94. The Morgan fingerprint density at radius 1 is 1.16 bits per heavy atom. The summed E-state index contributed by atoms with van der Waals surface area (Å²) in [5.41, 5.74) is 1.89. The molecule has 1 amide bonds. The number of halogens is 1. The molecule has 1 unspecified atom stereocenters. The number of aromatic nitrogens is 2. The van der Waals surface area contributed by atoms with Crippen LogP contribution in [0.25, 0.3) is 15.6 Å². The zero-order valence-electron chi connectivity index (χ0n) is 24.9. The molecule has 3 aliphatic rings. The van der Waals surface area contributed by atoms with Crippen molar-refractivity contribution in [2.24, 2.45) is 0 Å². The van der Waals surface area contributed by atoms with Gasteiger partial charge in [0.25, 0.3) is 0 Å². The van der Waals surface area contributed by atoms with Crippen molar-refractivity contribution in [3.8, 4) is 6.01 Å². The molecule has 0 spiro atoms. The molecule has 2 aromatic carbocycles. The normalized spacial score (nSPS) is 24.1. The number of anilines is 2. The predicted octanol–water partition coefficient (Wildman–Crippen LogP) is 4.13. The molecule has 6 rings (SSSR count). The highest BCUT2D eigenvalue weighted by Gasteiger charge is 2.40. The molecule has 0 radical (unpaired) electrons. The second-order valence-corrected chi connectivity index (χ2v) is 12.1. The molecule has 3 atom stereocenters. The molecule has 43 heavy (non-hydrogen) atoms. The Hall–Kier alpha value is -4.23. The molecular formula is C33H38FN7O2. The smallest absolute Gasteiger partial charge is 0.318 e. The van der Waals surface area contributed by atoms with E-state index in [1.807, 2.05) is 11.9 Å². The van der Waals surface area contributed by atoms with Crippen molar-refractivity contribution in [2.75, 3.05) is 62.7 Å². The fourth-order valence-electron chi connectivity index (χ4n) is 6.84. The van der Waals surface area contributed by atoms with E-state index in [9.17, 15) is 9.18 Å². The number of likely N-dealkylation sites (tertiary alicyclic amines) is 1. The first-order valence-corrected chi connectivity index (χ1v) is 14.9. The number of ether oxygens (including phenoxy) is 1. The lowest BCUT2D eigenvalue weighted by Gasteiger charge is -2.41. The summed E-state index contributed by atoms with van der Waals surface area (Å²) in [6.45, 7) is 16.6. The zero-order valence-corrected chi connectivity index (χ0v) is 24.9. The summed E-state index contributed by atoms with van der Waals surface area (Å²) in [4.78, 5) is 34.2. The average Bonchev–Trinajstić information content (AvgIpc) is 3.29. The molecule has 10 heteroatoms. The van der Waals surface area contributed by atoms with Crippen LogP contribution in [0.15, 0.2) is 55.1 Å². The van der Waals surface area contributed by atoms with Gasteiger partial charge in [-0.25, -0.2) is 11.0 Å². The van der Waals surface area contributed by atoms with Gasteiger partial charge in [0.1, 0.15) is 24.1 Å². The lowest BCUT2D eigenvalue weighted by atomic mass is 10.0. The van der Waals surface area contributed by atoms with Gasteiger partial charge in [-0.3, -0.25) is 9.69 Å². The van der Waals surface area contributed by atoms with Gasteiger partial charge in [0.15, 0.2) is 0 Å². The zero-order chi connectivity index (χ0) is 30.1. The third-order valence-corrected chi connectivity index (χ3v) is 8.94. The summed E-state index contributed by atoms with van der Waals surface area (Å²) >= 11 is 0. The van der Waals surface area contributed by atoms with Crippen LogP contribution in [-0.4, -0.2) is 96.4 Å². The predicted molar refractivity (Wildman–Crippen MR) is 166 cm³/mol. The number of benzene rings is 2. The lowest BCUT2D eigenvalue weighted by Crippen LogP contribution is -2.56. The van der Waals surface area contributed by atoms with Crippen LogP contribution in [0.4, 0.5) is 15.9 Å². The molecule has 9 nitrogen and oxygen atoms in total. The van der Waals surface area contributed by atoms with Gasteiger partial charge in [0, 0.05) is 61.8 Å². The molecule has 224 valence electrons. The number of fused-ring (bicyclic) bond motifs is 2. The van der Waals surface area contributed by atoms with Gasteiger partial charge < -0.3 is 24.3 Å². The molecule has 3 aliphatic heterocycles. The van der Waals surface area contributed by atoms with Crippen molar-refractivity contribution in [1.29, 1.82) is 0 Å². The van der Waals surface area contributed by atoms with E-state index in [1.54, 1.807) is 11.8 Å². The molecule has 0 saturated carbocycles. The maximum Gasteiger partial charge on any atom is 0.318 e. The SMILES string of the molecule is [C-]#[N+]C[C@H]1CN(c2nc(OC[C@@H]3CC(C)(F)CN3C)nc3c2CCN(c2cccc4ccccc24)C3)CCN1C(=O)C=C. The lowest BCUT2D eigenvalue weighted by molar-refractivity contribution is -0.128. The van der Waals surface area contributed by atoms with E-state index in [0.29, 0.717) is 45.8 Å². The molecule has 0 N–H and O–H groups in total. The summed E-state index contributed by atoms with van der Waals surface area (Å²) < 4.78 is 20.9. The molecular weight excluding hydrogens is 545 g/mol. The third kappa shape index (κ3) is 5.87. The van der Waals surface area contributed by atoms with E-state index < -0.39 is 5.67 Å². The number of carbonyl (C=O) groups excluding carboxylic acids is 1. The van der Waals surface area contributed by atoms with Crippen molar-refractivity contribution in [2.45, 2.75) is 44.1 Å². The molecule has 2 fully saturated rings. The van der Waals surface area contributed by atoms with Crippen LogP contribution < -0.4 is 14.5 Å². The highest BCUT2D eigenvalue weighted by Crippen LogP contribution is 2.35. The van der Waals surface area contributed by atoms with Crippen molar-refractivity contribution >= 4 is 28.2 Å². The number of hydrogen-bond acceptors (Lipinski definition) is 7. The maximum atomic E-state index is 14.7. The minimum absolute atomic E-state index is 0.0678. The summed E-state index contributed by atoms with van der Waals surface area (Å²) in [7, 11) is 1.92. The number of piperazine rings is 1. The topological polar surface area (TPSA) is 69.4 Å². The number of hydrogen-bond donors (Lipinski definition) is 0. The van der Waals surface area contributed by atoms with E-state index in [0.717, 1.165) is 35.7 Å². The van der Waals surface area contributed by atoms with Crippen LogP contribution in [0.1, 0.15) is 24.6 Å². The first-order valence-electron chi connectivity index (χ1n) is 14.9. The number of alkyl halides is 1. The Kier molecular flexibility index (Phi) is 7.93. The average molecular weight is 584 g/mol. The van der Waals surface area contributed by atoms with Gasteiger partial charge in [-0.15, -0.1) is 0 Å². The Balaban J connectivity index is 1.32. The van der Waals surface area contributed by atoms with Gasteiger partial charge in [-0.05, 0) is 37.9 Å². The molecule has 0 aliphatic carbocycles. The van der Waals surface area contributed by atoms with Gasteiger partial charge in [-0.1, -0.05) is 43.0 Å². The first-order chi connectivity index (χ1) is 20.8. The van der Waals surface area contributed by atoms with Gasteiger partial charge in [0.2, 0.25) is 12.5 Å². The quantitative estimate of drug-likeness (QED) is 0.306. The van der Waals surface area contributed by atoms with Gasteiger partial charge in [-0.2, -0.15) is 9.97 Å². The number of amides is 1. The largest absolute Gasteiger partial charge is 0.462 e. The minimum Gasteiger partial charge on any atom is -0.462 e. The second-order valence-electron chi connectivity index (χ2n) is 12.1. The Labute approximate surface area is 252 Å². The Morgan fingerprint density at radius 2 is 1.98 bits per heavy atom. The highest BCUT2D eigenvalue weighted by atomic mass is 19.1. The van der Waals surface area contributed by atoms with Crippen LogP contribution in [0.3, 0.4) is 0 Å². The second kappa shape index (κ2) is 11.8. The minimum atomic E-state index is -1.25. The third-order valence-electron chi connectivity index (χ3n) is 8.94. The summed E-state index contributed by atoms with van der Waals surface area (Å²) in [6, 6.07) is 14.7. The first kappa shape index (κ1) is 28.9. The van der Waals surface area contributed by atoms with Gasteiger partial charge in [0.05, 0.1) is 12.2 Å². The summed E-state index contributed by atoms with van der Waals surface area (Å²) in [6.07, 6.45) is 2.46. The van der Waals surface area contributed by atoms with Crippen molar-refractivity contribution in [3.05, 3.63) is 77.8 Å². The van der Waals surface area contributed by atoms with E-state index in [1.165, 1.54) is 16.8 Å². The van der Waals surface area contributed by atoms with E-state index in [2.05, 4.69) is 63.7 Å². The molecule has 1 aromatic heterocycles.